The van der Waals surface area contributed by atoms with Gasteiger partial charge in [0.05, 0.1) is 11.2 Å². The van der Waals surface area contributed by atoms with E-state index < -0.39 is 0 Å². The fraction of sp³-hybridized carbons (Fsp3) is 0.621. The molecule has 34 heavy (non-hydrogen) atoms. The number of aryl methyl sites for hydroxylation is 1. The molecule has 1 N–H and O–H groups in total. The van der Waals surface area contributed by atoms with Crippen molar-refractivity contribution < 1.29 is 0 Å². The molecule has 0 spiro atoms. The summed E-state index contributed by atoms with van der Waals surface area (Å²) in [6.07, 6.45) is 10.7. The number of anilines is 1. The van der Waals surface area contributed by atoms with Crippen LogP contribution in [0.25, 0.3) is 10.9 Å². The molecule has 0 radical (unpaired) electrons. The molecule has 1 aromatic heterocycles. The summed E-state index contributed by atoms with van der Waals surface area (Å²) >= 11 is 0. The molecule has 3 aliphatic rings. The molecule has 2 unspecified atom stereocenters. The zero-order valence-corrected chi connectivity index (χ0v) is 21.4. The molecule has 184 valence electrons. The first kappa shape index (κ1) is 23.5. The summed E-state index contributed by atoms with van der Waals surface area (Å²) in [6.45, 7) is 16.6. The monoisotopic (exact) mass is 461 g/mol. The van der Waals surface area contributed by atoms with Crippen molar-refractivity contribution in [3.63, 3.8) is 0 Å². The number of rotatable bonds is 6. The molecule has 5 rings (SSSR count). The highest BCUT2D eigenvalue weighted by Gasteiger charge is 2.27. The van der Waals surface area contributed by atoms with Gasteiger partial charge in [0.2, 0.25) is 0 Å². The minimum atomic E-state index is 0.249. The van der Waals surface area contributed by atoms with E-state index in [1.165, 1.54) is 74.7 Å². The average molecular weight is 462 g/mol. The molecule has 0 bridgehead atoms. The molecule has 2 aromatic rings. The normalized spacial score (nSPS) is 23.9. The molecule has 5 nitrogen and oxygen atoms in total. The van der Waals surface area contributed by atoms with Gasteiger partial charge in [-0.05, 0) is 49.3 Å². The number of aromatic nitrogens is 2. The number of nitrogens with zero attached hydrogens (tertiary/aromatic N) is 4. The largest absolute Gasteiger partial charge is 0.369 e. The first-order valence-electron chi connectivity index (χ1n) is 13.6. The van der Waals surface area contributed by atoms with Gasteiger partial charge in [0.1, 0.15) is 0 Å². The summed E-state index contributed by atoms with van der Waals surface area (Å²) in [4.78, 5) is 5.25. The van der Waals surface area contributed by atoms with Crippen LogP contribution in [0.4, 0.5) is 5.69 Å². The maximum Gasteiger partial charge on any atom is 0.0792 e. The van der Waals surface area contributed by atoms with Crippen molar-refractivity contribution in [3.8, 4) is 0 Å². The highest BCUT2D eigenvalue weighted by Crippen LogP contribution is 2.37. The van der Waals surface area contributed by atoms with Crippen LogP contribution in [0.1, 0.15) is 69.9 Å². The SMILES string of the molecule is C=C1CCC(c2nn(C)c3cc(N4CCN(CC(C)CC5CCCCC5)CC4)ccc23)C(=C)N1. The van der Waals surface area contributed by atoms with Crippen molar-refractivity contribution in [2.45, 2.75) is 64.2 Å². The summed E-state index contributed by atoms with van der Waals surface area (Å²) in [5.41, 5.74) is 5.77. The third kappa shape index (κ3) is 5.05. The number of nitrogens with one attached hydrogen (secondary N) is 1. The van der Waals surface area contributed by atoms with E-state index in [9.17, 15) is 0 Å². The van der Waals surface area contributed by atoms with E-state index >= 15 is 0 Å². The maximum atomic E-state index is 4.93. The molecule has 2 aliphatic heterocycles. The van der Waals surface area contributed by atoms with Gasteiger partial charge < -0.3 is 10.2 Å². The quantitative estimate of drug-likeness (QED) is 0.590. The van der Waals surface area contributed by atoms with Crippen molar-refractivity contribution in [2.24, 2.45) is 18.9 Å². The number of allylic oxidation sites excluding steroid dienone is 2. The van der Waals surface area contributed by atoms with E-state index in [2.05, 4.69) is 60.4 Å². The Hall–Kier alpha value is -2.27. The van der Waals surface area contributed by atoms with Crippen LogP contribution in [-0.2, 0) is 7.05 Å². The van der Waals surface area contributed by atoms with Gasteiger partial charge in [-0.25, -0.2) is 0 Å². The Bertz CT molecular complexity index is 1020. The molecular formula is C29H43N5. The Morgan fingerprint density at radius 3 is 2.56 bits per heavy atom. The predicted octanol–water partition coefficient (Wildman–Crippen LogP) is 5.80. The molecule has 3 heterocycles. The van der Waals surface area contributed by atoms with E-state index in [4.69, 9.17) is 5.10 Å². The second-order valence-electron chi connectivity index (χ2n) is 11.2. The lowest BCUT2D eigenvalue weighted by Crippen LogP contribution is -2.47. The van der Waals surface area contributed by atoms with Crippen molar-refractivity contribution in [3.05, 3.63) is 48.4 Å². The van der Waals surface area contributed by atoms with E-state index in [0.717, 1.165) is 54.9 Å². The minimum absolute atomic E-state index is 0.249. The van der Waals surface area contributed by atoms with Crippen LogP contribution in [0.5, 0.6) is 0 Å². The van der Waals surface area contributed by atoms with Crippen molar-refractivity contribution in [1.82, 2.24) is 20.0 Å². The molecule has 1 aromatic carbocycles. The molecule has 2 atom stereocenters. The van der Waals surface area contributed by atoms with E-state index in [0.29, 0.717) is 0 Å². The highest BCUT2D eigenvalue weighted by molar-refractivity contribution is 5.86. The summed E-state index contributed by atoms with van der Waals surface area (Å²) in [6, 6.07) is 6.92. The van der Waals surface area contributed by atoms with Crippen molar-refractivity contribution in [1.29, 1.82) is 0 Å². The second-order valence-corrected chi connectivity index (χ2v) is 11.2. The fourth-order valence-corrected chi connectivity index (χ4v) is 6.59. The third-order valence-electron chi connectivity index (χ3n) is 8.45. The van der Waals surface area contributed by atoms with E-state index in [-0.39, 0.29) is 5.92 Å². The number of piperazine rings is 1. The van der Waals surface area contributed by atoms with Crippen LogP contribution in [0.15, 0.2) is 42.8 Å². The van der Waals surface area contributed by atoms with Crippen LogP contribution < -0.4 is 10.2 Å². The molecule has 3 fully saturated rings. The van der Waals surface area contributed by atoms with Gasteiger partial charge >= 0.3 is 0 Å². The maximum absolute atomic E-state index is 4.93. The van der Waals surface area contributed by atoms with Crippen LogP contribution in [0.2, 0.25) is 0 Å². The van der Waals surface area contributed by atoms with Crippen LogP contribution >= 0.6 is 0 Å². The smallest absolute Gasteiger partial charge is 0.0792 e. The zero-order chi connectivity index (χ0) is 23.7. The van der Waals surface area contributed by atoms with Crippen molar-refractivity contribution in [2.75, 3.05) is 37.6 Å². The van der Waals surface area contributed by atoms with Crippen LogP contribution in [-0.4, -0.2) is 47.4 Å². The number of fused-ring (bicyclic) bond motifs is 1. The lowest BCUT2D eigenvalue weighted by Gasteiger charge is -2.37. The Morgan fingerprint density at radius 1 is 1.06 bits per heavy atom. The highest BCUT2D eigenvalue weighted by atomic mass is 15.3. The Morgan fingerprint density at radius 2 is 1.82 bits per heavy atom. The molecule has 0 amide bonds. The Kier molecular flexibility index (Phi) is 7.01. The molecular weight excluding hydrogens is 418 g/mol. The Labute approximate surface area is 205 Å². The van der Waals surface area contributed by atoms with Crippen LogP contribution in [0, 0.1) is 11.8 Å². The molecule has 1 aliphatic carbocycles. The van der Waals surface area contributed by atoms with Gasteiger partial charge in [-0.3, -0.25) is 9.58 Å². The summed E-state index contributed by atoms with van der Waals surface area (Å²) in [7, 11) is 2.07. The van der Waals surface area contributed by atoms with E-state index in [1.54, 1.807) is 0 Å². The second kappa shape index (κ2) is 10.2. The third-order valence-corrected chi connectivity index (χ3v) is 8.45. The topological polar surface area (TPSA) is 36.3 Å². The lowest BCUT2D eigenvalue weighted by atomic mass is 9.83. The number of benzene rings is 1. The Balaban J connectivity index is 1.20. The first-order chi connectivity index (χ1) is 16.5. The zero-order valence-electron chi connectivity index (χ0n) is 21.4. The first-order valence-corrected chi connectivity index (χ1v) is 13.6. The van der Waals surface area contributed by atoms with Gasteiger partial charge in [0, 0.05) is 68.2 Å². The van der Waals surface area contributed by atoms with Crippen molar-refractivity contribution >= 4 is 16.6 Å². The van der Waals surface area contributed by atoms with Gasteiger partial charge in [-0.2, -0.15) is 5.10 Å². The summed E-state index contributed by atoms with van der Waals surface area (Å²) in [5.74, 6) is 2.06. The number of hydrogen-bond donors (Lipinski definition) is 1. The van der Waals surface area contributed by atoms with Gasteiger partial charge in [-0.1, -0.05) is 52.2 Å². The number of piperidine rings is 1. The lowest BCUT2D eigenvalue weighted by molar-refractivity contribution is 0.197. The predicted molar refractivity (Wildman–Crippen MR) is 143 cm³/mol. The molecule has 2 saturated heterocycles. The minimum Gasteiger partial charge on any atom is -0.369 e. The van der Waals surface area contributed by atoms with Gasteiger partial charge in [0.15, 0.2) is 0 Å². The molecule has 1 saturated carbocycles. The summed E-state index contributed by atoms with van der Waals surface area (Å²) in [5, 5.41) is 9.53. The van der Waals surface area contributed by atoms with Crippen LogP contribution in [0.3, 0.4) is 0 Å². The average Bonchev–Trinajstić information content (AvgIpc) is 3.16. The standard InChI is InChI=1S/C29H43N5/c1-21(18-24-8-6-5-7-9-24)20-33-14-16-34(17-15-33)25-11-13-27-28(19-25)32(4)31-29(27)26-12-10-22(2)30-23(26)3/h11,13,19,21,24,26,30H,2-3,5-10,12,14-18,20H2,1,4H3. The number of hydrogen-bond acceptors (Lipinski definition) is 4. The molecule has 5 heteroatoms. The summed E-state index contributed by atoms with van der Waals surface area (Å²) < 4.78 is 2.05. The fourth-order valence-electron chi connectivity index (χ4n) is 6.59. The van der Waals surface area contributed by atoms with Gasteiger partial charge in [-0.15, -0.1) is 0 Å². The van der Waals surface area contributed by atoms with E-state index in [1.807, 2.05) is 4.68 Å². The van der Waals surface area contributed by atoms with Gasteiger partial charge in [0.25, 0.3) is 0 Å².